The summed E-state index contributed by atoms with van der Waals surface area (Å²) in [6.07, 6.45) is 0.522. The molecule has 1 aromatic carbocycles. The SMILES string of the molecule is O=C(NCC[C@H]1COc2ccccc2O1)NCc1n[nH]c(=O)[nH]1. The standard InChI is InChI=1S/C14H17N5O4/c20-13(16-7-12-17-14(21)19-18-12)15-6-5-9-8-22-10-3-1-2-4-11(10)23-9/h1-4,9H,5-8H2,(H2,15,16,20)(H2,17,18,19,21)/t9-/m0/s1. The Morgan fingerprint density at radius 1 is 1.30 bits per heavy atom. The van der Waals surface area contributed by atoms with Crippen molar-refractivity contribution in [3.63, 3.8) is 0 Å². The summed E-state index contributed by atoms with van der Waals surface area (Å²) in [6, 6.07) is 7.14. The van der Waals surface area contributed by atoms with Gasteiger partial charge < -0.3 is 20.1 Å². The van der Waals surface area contributed by atoms with Crippen molar-refractivity contribution in [2.75, 3.05) is 13.2 Å². The number of urea groups is 1. The summed E-state index contributed by atoms with van der Waals surface area (Å²) >= 11 is 0. The van der Waals surface area contributed by atoms with Crippen LogP contribution >= 0.6 is 0 Å². The number of hydrogen-bond acceptors (Lipinski definition) is 5. The molecule has 9 nitrogen and oxygen atoms in total. The van der Waals surface area contributed by atoms with Crippen molar-refractivity contribution in [2.45, 2.75) is 19.1 Å². The number of nitrogens with one attached hydrogen (secondary N) is 4. The molecule has 4 N–H and O–H groups in total. The van der Waals surface area contributed by atoms with E-state index in [2.05, 4.69) is 25.8 Å². The zero-order valence-electron chi connectivity index (χ0n) is 12.3. The van der Waals surface area contributed by atoms with Crippen LogP contribution in [0.1, 0.15) is 12.2 Å². The molecule has 0 unspecified atom stereocenters. The van der Waals surface area contributed by atoms with E-state index in [0.29, 0.717) is 25.4 Å². The molecule has 2 amide bonds. The van der Waals surface area contributed by atoms with Crippen molar-refractivity contribution in [3.05, 3.63) is 40.6 Å². The van der Waals surface area contributed by atoms with Crippen molar-refractivity contribution in [1.82, 2.24) is 25.8 Å². The topological polar surface area (TPSA) is 121 Å². The van der Waals surface area contributed by atoms with Crippen molar-refractivity contribution in [3.8, 4) is 11.5 Å². The first-order valence-electron chi connectivity index (χ1n) is 7.24. The number of hydrogen-bond donors (Lipinski definition) is 4. The number of carbonyl (C=O) groups excluding carboxylic acids is 1. The molecule has 0 radical (unpaired) electrons. The third kappa shape index (κ3) is 4.02. The van der Waals surface area contributed by atoms with Crippen molar-refractivity contribution < 1.29 is 14.3 Å². The smallest absolute Gasteiger partial charge is 0.340 e. The molecule has 0 fully saturated rings. The molecule has 1 aliphatic heterocycles. The Morgan fingerprint density at radius 3 is 2.91 bits per heavy atom. The molecule has 0 aliphatic carbocycles. The lowest BCUT2D eigenvalue weighted by Crippen LogP contribution is -2.39. The number of benzene rings is 1. The van der Waals surface area contributed by atoms with E-state index in [-0.39, 0.29) is 18.7 Å². The Bertz CT molecular complexity index is 726. The van der Waals surface area contributed by atoms with Crippen LogP contribution < -0.4 is 25.8 Å². The Balaban J connectivity index is 1.36. The number of amides is 2. The summed E-state index contributed by atoms with van der Waals surface area (Å²) in [6.45, 7) is 1.04. The number of aromatic nitrogens is 3. The minimum Gasteiger partial charge on any atom is -0.486 e. The van der Waals surface area contributed by atoms with Gasteiger partial charge in [-0.05, 0) is 12.1 Å². The summed E-state index contributed by atoms with van der Waals surface area (Å²) < 4.78 is 11.4. The van der Waals surface area contributed by atoms with Crippen LogP contribution in [0, 0.1) is 0 Å². The third-order valence-electron chi connectivity index (χ3n) is 3.29. The number of H-pyrrole nitrogens is 2. The van der Waals surface area contributed by atoms with Gasteiger partial charge >= 0.3 is 11.7 Å². The largest absolute Gasteiger partial charge is 0.486 e. The number of ether oxygens (including phenoxy) is 2. The number of carbonyl (C=O) groups is 1. The van der Waals surface area contributed by atoms with Crippen LogP contribution in [0.2, 0.25) is 0 Å². The lowest BCUT2D eigenvalue weighted by molar-refractivity contribution is 0.0853. The molecule has 23 heavy (non-hydrogen) atoms. The van der Waals surface area contributed by atoms with Crippen LogP contribution in [-0.2, 0) is 6.54 Å². The highest BCUT2D eigenvalue weighted by atomic mass is 16.6. The quantitative estimate of drug-likeness (QED) is 0.624. The van der Waals surface area contributed by atoms with Gasteiger partial charge in [-0.1, -0.05) is 12.1 Å². The number of rotatable bonds is 5. The summed E-state index contributed by atoms with van der Waals surface area (Å²) in [5.41, 5.74) is -0.406. The predicted octanol–water partition coefficient (Wildman–Crippen LogP) is 0.127. The van der Waals surface area contributed by atoms with Gasteiger partial charge in [0, 0.05) is 13.0 Å². The van der Waals surface area contributed by atoms with Crippen LogP contribution in [0.4, 0.5) is 4.79 Å². The Morgan fingerprint density at radius 2 is 2.13 bits per heavy atom. The molecule has 2 aromatic rings. The first-order chi connectivity index (χ1) is 11.2. The second kappa shape index (κ2) is 6.86. The Kier molecular flexibility index (Phi) is 4.46. The molecule has 1 aliphatic rings. The second-order valence-electron chi connectivity index (χ2n) is 5.02. The van der Waals surface area contributed by atoms with E-state index in [1.165, 1.54) is 0 Å². The minimum atomic E-state index is -0.406. The van der Waals surface area contributed by atoms with Gasteiger partial charge in [0.1, 0.15) is 18.5 Å². The maximum Gasteiger partial charge on any atom is 0.340 e. The number of aromatic amines is 2. The molecule has 122 valence electrons. The van der Waals surface area contributed by atoms with Crippen molar-refractivity contribution >= 4 is 6.03 Å². The first-order valence-corrected chi connectivity index (χ1v) is 7.24. The van der Waals surface area contributed by atoms with Gasteiger partial charge in [0.2, 0.25) is 0 Å². The minimum absolute atomic E-state index is 0.104. The highest BCUT2D eigenvalue weighted by Gasteiger charge is 2.20. The fourth-order valence-corrected chi connectivity index (χ4v) is 2.17. The van der Waals surface area contributed by atoms with Gasteiger partial charge in [0.25, 0.3) is 0 Å². The molecular weight excluding hydrogens is 302 g/mol. The average molecular weight is 319 g/mol. The molecule has 9 heteroatoms. The monoisotopic (exact) mass is 319 g/mol. The Labute approximate surface area is 131 Å². The van der Waals surface area contributed by atoms with E-state index < -0.39 is 5.69 Å². The van der Waals surface area contributed by atoms with Gasteiger partial charge in [-0.25, -0.2) is 14.7 Å². The summed E-state index contributed by atoms with van der Waals surface area (Å²) in [5, 5.41) is 11.2. The van der Waals surface area contributed by atoms with Crippen LogP contribution in [0.25, 0.3) is 0 Å². The molecule has 0 spiro atoms. The Hall–Kier alpha value is -2.97. The molecular formula is C14H17N5O4. The van der Waals surface area contributed by atoms with E-state index in [9.17, 15) is 9.59 Å². The van der Waals surface area contributed by atoms with Crippen LogP contribution in [-0.4, -0.2) is 40.5 Å². The van der Waals surface area contributed by atoms with Gasteiger partial charge in [-0.2, -0.15) is 5.10 Å². The fourth-order valence-electron chi connectivity index (χ4n) is 2.17. The molecule has 1 atom stereocenters. The van der Waals surface area contributed by atoms with E-state index in [1.807, 2.05) is 24.3 Å². The first kappa shape index (κ1) is 14.9. The van der Waals surface area contributed by atoms with E-state index >= 15 is 0 Å². The average Bonchev–Trinajstić information content (AvgIpc) is 2.98. The second-order valence-corrected chi connectivity index (χ2v) is 5.02. The predicted molar refractivity (Wildman–Crippen MR) is 80.4 cm³/mol. The van der Waals surface area contributed by atoms with Crippen molar-refractivity contribution in [1.29, 1.82) is 0 Å². The summed E-state index contributed by atoms with van der Waals surface area (Å²) in [5.74, 6) is 1.82. The molecule has 1 aromatic heterocycles. The lowest BCUT2D eigenvalue weighted by Gasteiger charge is -2.26. The third-order valence-corrected chi connectivity index (χ3v) is 3.29. The van der Waals surface area contributed by atoms with Crippen molar-refractivity contribution in [2.24, 2.45) is 0 Å². The molecule has 0 bridgehead atoms. The number of para-hydroxylation sites is 2. The fraction of sp³-hybridized carbons (Fsp3) is 0.357. The van der Waals surface area contributed by atoms with Crippen LogP contribution in [0.3, 0.4) is 0 Å². The number of fused-ring (bicyclic) bond motifs is 1. The zero-order valence-corrected chi connectivity index (χ0v) is 12.3. The van der Waals surface area contributed by atoms with Gasteiger partial charge in [0.05, 0.1) is 6.54 Å². The maximum absolute atomic E-state index is 11.6. The molecule has 2 heterocycles. The van der Waals surface area contributed by atoms with E-state index in [4.69, 9.17) is 9.47 Å². The normalized spacial score (nSPS) is 15.9. The van der Waals surface area contributed by atoms with Crippen LogP contribution in [0.5, 0.6) is 11.5 Å². The number of nitrogens with zero attached hydrogens (tertiary/aromatic N) is 1. The highest BCUT2D eigenvalue weighted by Crippen LogP contribution is 2.31. The van der Waals surface area contributed by atoms with Gasteiger partial charge in [-0.3, -0.25) is 4.98 Å². The summed E-state index contributed by atoms with van der Waals surface area (Å²) in [4.78, 5) is 24.9. The highest BCUT2D eigenvalue weighted by molar-refractivity contribution is 5.73. The molecule has 0 saturated carbocycles. The van der Waals surface area contributed by atoms with Gasteiger partial charge in [-0.15, -0.1) is 0 Å². The van der Waals surface area contributed by atoms with E-state index in [0.717, 1.165) is 11.5 Å². The van der Waals surface area contributed by atoms with Crippen LogP contribution in [0.15, 0.2) is 29.1 Å². The lowest BCUT2D eigenvalue weighted by atomic mass is 10.2. The van der Waals surface area contributed by atoms with E-state index in [1.54, 1.807) is 0 Å². The molecule has 0 saturated heterocycles. The van der Waals surface area contributed by atoms with Gasteiger partial charge in [0.15, 0.2) is 11.5 Å². The zero-order chi connectivity index (χ0) is 16.1. The molecule has 3 rings (SSSR count). The maximum atomic E-state index is 11.6. The summed E-state index contributed by atoms with van der Waals surface area (Å²) in [7, 11) is 0.